The number of methoxy groups -OCH3 is 2. The van der Waals surface area contributed by atoms with Crippen molar-refractivity contribution in [1.82, 2.24) is 9.80 Å². The first kappa shape index (κ1) is 23.1. The molecule has 31 heavy (non-hydrogen) atoms. The van der Waals surface area contributed by atoms with Crippen LogP contribution in [0.15, 0.2) is 48.5 Å². The molecule has 1 aliphatic rings. The number of aryl methyl sites for hydroxylation is 1. The van der Waals surface area contributed by atoms with Crippen LogP contribution in [-0.4, -0.2) is 68.8 Å². The number of carbonyl (C=O) groups is 1. The molecule has 1 heterocycles. The summed E-state index contributed by atoms with van der Waals surface area (Å²) >= 11 is 0. The van der Waals surface area contributed by atoms with E-state index in [0.29, 0.717) is 30.9 Å². The van der Waals surface area contributed by atoms with E-state index in [0.717, 1.165) is 44.0 Å². The summed E-state index contributed by atoms with van der Waals surface area (Å²) in [6.45, 7) is 6.95. The standard InChI is InChI=1S/C25H34N2O4/c1-20(18-26-14-16-31-17-15-26)27(19-21-8-5-4-6-9-21)24(28)13-12-22-10-7-11-23(29-2)25(22)30-3/h4-11,20H,12-19H2,1-3H3. The summed E-state index contributed by atoms with van der Waals surface area (Å²) in [5.41, 5.74) is 2.12. The summed E-state index contributed by atoms with van der Waals surface area (Å²) in [7, 11) is 3.26. The molecule has 2 aromatic carbocycles. The first-order valence-electron chi connectivity index (χ1n) is 11.0. The predicted molar refractivity (Wildman–Crippen MR) is 122 cm³/mol. The Hall–Kier alpha value is -2.57. The Morgan fingerprint density at radius 2 is 1.81 bits per heavy atom. The van der Waals surface area contributed by atoms with Crippen molar-refractivity contribution in [3.8, 4) is 11.5 Å². The minimum Gasteiger partial charge on any atom is -0.493 e. The molecule has 2 aromatic rings. The number of hydrogen-bond acceptors (Lipinski definition) is 5. The van der Waals surface area contributed by atoms with Crippen LogP contribution < -0.4 is 9.47 Å². The average Bonchev–Trinajstić information content (AvgIpc) is 2.81. The van der Waals surface area contributed by atoms with Gasteiger partial charge in [0, 0.05) is 38.6 Å². The van der Waals surface area contributed by atoms with Crippen LogP contribution in [0.5, 0.6) is 11.5 Å². The molecule has 6 heteroatoms. The van der Waals surface area contributed by atoms with Crippen molar-refractivity contribution >= 4 is 5.91 Å². The Kier molecular flexibility index (Phi) is 8.74. The van der Waals surface area contributed by atoms with Crippen molar-refractivity contribution in [2.24, 2.45) is 0 Å². The zero-order valence-electron chi connectivity index (χ0n) is 18.9. The van der Waals surface area contributed by atoms with Crippen LogP contribution in [0.2, 0.25) is 0 Å². The summed E-state index contributed by atoms with van der Waals surface area (Å²) in [5.74, 6) is 1.54. The van der Waals surface area contributed by atoms with E-state index in [9.17, 15) is 4.79 Å². The van der Waals surface area contributed by atoms with Gasteiger partial charge in [-0.3, -0.25) is 9.69 Å². The molecule has 168 valence electrons. The molecule has 1 atom stereocenters. The number of benzene rings is 2. The number of morpholine rings is 1. The molecule has 0 saturated carbocycles. The molecule has 1 saturated heterocycles. The molecule has 0 radical (unpaired) electrons. The highest BCUT2D eigenvalue weighted by molar-refractivity contribution is 5.77. The Balaban J connectivity index is 1.71. The van der Waals surface area contributed by atoms with E-state index in [2.05, 4.69) is 24.0 Å². The van der Waals surface area contributed by atoms with E-state index < -0.39 is 0 Å². The van der Waals surface area contributed by atoms with Gasteiger partial charge in [-0.05, 0) is 30.5 Å². The molecule has 0 aliphatic carbocycles. The van der Waals surface area contributed by atoms with Crippen LogP contribution in [0.25, 0.3) is 0 Å². The van der Waals surface area contributed by atoms with Crippen molar-refractivity contribution in [2.45, 2.75) is 32.4 Å². The second kappa shape index (κ2) is 11.7. The predicted octanol–water partition coefficient (Wildman–Crippen LogP) is 3.39. The Morgan fingerprint density at radius 1 is 1.06 bits per heavy atom. The molecule has 0 bridgehead atoms. The summed E-state index contributed by atoms with van der Waals surface area (Å²) in [5, 5.41) is 0. The van der Waals surface area contributed by atoms with Crippen LogP contribution in [0.4, 0.5) is 0 Å². The Morgan fingerprint density at radius 3 is 2.48 bits per heavy atom. The summed E-state index contributed by atoms with van der Waals surface area (Å²) in [6.07, 6.45) is 1.03. The van der Waals surface area contributed by atoms with Crippen molar-refractivity contribution < 1.29 is 19.0 Å². The maximum Gasteiger partial charge on any atom is 0.223 e. The molecule has 0 N–H and O–H groups in total. The van der Waals surface area contributed by atoms with Gasteiger partial charge in [-0.1, -0.05) is 42.5 Å². The van der Waals surface area contributed by atoms with Crippen molar-refractivity contribution in [2.75, 3.05) is 47.1 Å². The van der Waals surface area contributed by atoms with E-state index in [1.807, 2.05) is 41.3 Å². The van der Waals surface area contributed by atoms with Gasteiger partial charge in [0.1, 0.15) is 0 Å². The summed E-state index contributed by atoms with van der Waals surface area (Å²) in [4.78, 5) is 17.8. The van der Waals surface area contributed by atoms with Crippen LogP contribution in [0, 0.1) is 0 Å². The van der Waals surface area contributed by atoms with Crippen LogP contribution >= 0.6 is 0 Å². The van der Waals surface area contributed by atoms with Crippen LogP contribution in [0.1, 0.15) is 24.5 Å². The maximum absolute atomic E-state index is 13.4. The van der Waals surface area contributed by atoms with Crippen molar-refractivity contribution in [3.63, 3.8) is 0 Å². The third kappa shape index (κ3) is 6.45. The molecule has 0 aromatic heterocycles. The SMILES string of the molecule is COc1cccc(CCC(=O)N(Cc2ccccc2)C(C)CN2CCOCC2)c1OC. The van der Waals surface area contributed by atoms with E-state index >= 15 is 0 Å². The molecule has 1 amide bonds. The van der Waals surface area contributed by atoms with Crippen LogP contribution in [0.3, 0.4) is 0 Å². The van der Waals surface area contributed by atoms with Crippen LogP contribution in [-0.2, 0) is 22.5 Å². The van der Waals surface area contributed by atoms with Crippen molar-refractivity contribution in [3.05, 3.63) is 59.7 Å². The van der Waals surface area contributed by atoms with Crippen molar-refractivity contribution in [1.29, 1.82) is 0 Å². The Bertz CT molecular complexity index is 822. The first-order valence-corrected chi connectivity index (χ1v) is 11.0. The lowest BCUT2D eigenvalue weighted by atomic mass is 10.1. The third-order valence-corrected chi connectivity index (χ3v) is 5.77. The number of amides is 1. The van der Waals surface area contributed by atoms with Gasteiger partial charge in [-0.25, -0.2) is 0 Å². The van der Waals surface area contributed by atoms with Gasteiger partial charge in [-0.2, -0.15) is 0 Å². The normalized spacial score (nSPS) is 15.3. The fourth-order valence-corrected chi connectivity index (χ4v) is 4.06. The zero-order chi connectivity index (χ0) is 22.1. The topological polar surface area (TPSA) is 51.2 Å². The number of ether oxygens (including phenoxy) is 3. The lowest BCUT2D eigenvalue weighted by Gasteiger charge is -2.35. The summed E-state index contributed by atoms with van der Waals surface area (Å²) < 4.78 is 16.4. The highest BCUT2D eigenvalue weighted by Crippen LogP contribution is 2.31. The lowest BCUT2D eigenvalue weighted by Crippen LogP contribution is -2.48. The van der Waals surface area contributed by atoms with Gasteiger partial charge in [-0.15, -0.1) is 0 Å². The largest absolute Gasteiger partial charge is 0.493 e. The molecule has 1 aliphatic heterocycles. The molecule has 1 unspecified atom stereocenters. The van der Waals surface area contributed by atoms with E-state index in [-0.39, 0.29) is 11.9 Å². The second-order valence-corrected chi connectivity index (χ2v) is 7.92. The molecular formula is C25H34N2O4. The monoisotopic (exact) mass is 426 g/mol. The van der Waals surface area contributed by atoms with Gasteiger partial charge < -0.3 is 19.1 Å². The third-order valence-electron chi connectivity index (χ3n) is 5.77. The maximum atomic E-state index is 13.4. The molecule has 0 spiro atoms. The van der Waals surface area contributed by atoms with Gasteiger partial charge >= 0.3 is 0 Å². The molecule has 3 rings (SSSR count). The fraction of sp³-hybridized carbons (Fsp3) is 0.480. The number of hydrogen-bond donors (Lipinski definition) is 0. The molecule has 6 nitrogen and oxygen atoms in total. The van der Waals surface area contributed by atoms with Gasteiger partial charge in [0.25, 0.3) is 0 Å². The first-order chi connectivity index (χ1) is 15.1. The van der Waals surface area contributed by atoms with Gasteiger partial charge in [0.2, 0.25) is 5.91 Å². The zero-order valence-corrected chi connectivity index (χ0v) is 18.9. The number of carbonyl (C=O) groups excluding carboxylic acids is 1. The highest BCUT2D eigenvalue weighted by Gasteiger charge is 2.24. The van der Waals surface area contributed by atoms with E-state index in [1.54, 1.807) is 14.2 Å². The Labute approximate surface area is 185 Å². The minimum atomic E-state index is 0.109. The second-order valence-electron chi connectivity index (χ2n) is 7.92. The van der Waals surface area contributed by atoms with Gasteiger partial charge in [0.05, 0.1) is 27.4 Å². The smallest absolute Gasteiger partial charge is 0.223 e. The van der Waals surface area contributed by atoms with E-state index in [4.69, 9.17) is 14.2 Å². The van der Waals surface area contributed by atoms with Gasteiger partial charge in [0.15, 0.2) is 11.5 Å². The summed E-state index contributed by atoms with van der Waals surface area (Å²) in [6, 6.07) is 16.1. The quantitative estimate of drug-likeness (QED) is 0.583. The minimum absolute atomic E-state index is 0.109. The van der Waals surface area contributed by atoms with E-state index in [1.165, 1.54) is 0 Å². The fourth-order valence-electron chi connectivity index (χ4n) is 4.06. The number of nitrogens with zero attached hydrogens (tertiary/aromatic N) is 2. The number of rotatable bonds is 10. The molecule has 1 fully saturated rings. The lowest BCUT2D eigenvalue weighted by molar-refractivity contribution is -0.134. The number of para-hydroxylation sites is 1. The molecular weight excluding hydrogens is 392 g/mol. The highest BCUT2D eigenvalue weighted by atomic mass is 16.5. The average molecular weight is 427 g/mol.